The van der Waals surface area contributed by atoms with E-state index in [9.17, 15) is 0 Å². The van der Waals surface area contributed by atoms with Crippen molar-refractivity contribution in [2.75, 3.05) is 26.3 Å². The summed E-state index contributed by atoms with van der Waals surface area (Å²) in [6, 6.07) is 7.44. The van der Waals surface area contributed by atoms with Crippen LogP contribution in [0.2, 0.25) is 0 Å². The summed E-state index contributed by atoms with van der Waals surface area (Å²) in [6.07, 6.45) is 0. The Kier molecular flexibility index (Phi) is 5.07. The van der Waals surface area contributed by atoms with Crippen LogP contribution in [0.25, 0.3) is 0 Å². The first-order valence-corrected chi connectivity index (χ1v) is 6.88. The van der Waals surface area contributed by atoms with Gasteiger partial charge in [-0.25, -0.2) is 4.99 Å². The first kappa shape index (κ1) is 15.2. The van der Waals surface area contributed by atoms with Gasteiger partial charge in [-0.15, -0.1) is 0 Å². The molecule has 1 fully saturated rings. The summed E-state index contributed by atoms with van der Waals surface area (Å²) >= 11 is 5.48. The van der Waals surface area contributed by atoms with E-state index >= 15 is 0 Å². The number of hydrogen-bond donors (Lipinski definition) is 3. The Morgan fingerprint density at radius 1 is 1.10 bits per heavy atom. The number of thiocarbonyl (C=S) groups is 1. The van der Waals surface area contributed by atoms with Crippen LogP contribution in [-0.2, 0) is 4.74 Å². The Morgan fingerprint density at radius 2 is 1.71 bits per heavy atom. The maximum absolute atomic E-state index is 5.58. The van der Waals surface area contributed by atoms with Crippen molar-refractivity contribution in [1.82, 2.24) is 4.90 Å². The van der Waals surface area contributed by atoms with Crippen molar-refractivity contribution >= 4 is 34.8 Å². The zero-order chi connectivity index (χ0) is 15.2. The summed E-state index contributed by atoms with van der Waals surface area (Å²) in [7, 11) is 0. The van der Waals surface area contributed by atoms with Crippen molar-refractivity contribution in [2.24, 2.45) is 27.2 Å². The van der Waals surface area contributed by atoms with Crippen molar-refractivity contribution < 1.29 is 4.74 Å². The van der Waals surface area contributed by atoms with Gasteiger partial charge in [0.25, 0.3) is 0 Å². The van der Waals surface area contributed by atoms with E-state index in [-0.39, 0.29) is 11.9 Å². The lowest BCUT2D eigenvalue weighted by molar-refractivity contribution is 0.0693. The van der Waals surface area contributed by atoms with Gasteiger partial charge in [0, 0.05) is 18.7 Å². The number of morpholine rings is 1. The standard InChI is InChI=1S/C13H18N6OS/c14-12(15)18-13(16)17-10-3-1-9(2-4-10)11(21)19-5-7-20-8-6-19/h1-4H,5-8H2,(H6,14,15,16,17,18). The molecule has 0 atom stereocenters. The van der Waals surface area contributed by atoms with E-state index in [4.69, 9.17) is 34.2 Å². The number of guanidine groups is 2. The second-order valence-corrected chi connectivity index (χ2v) is 4.84. The van der Waals surface area contributed by atoms with Crippen LogP contribution in [0.5, 0.6) is 0 Å². The highest BCUT2D eigenvalue weighted by atomic mass is 32.1. The van der Waals surface area contributed by atoms with Crippen molar-refractivity contribution in [2.45, 2.75) is 0 Å². The van der Waals surface area contributed by atoms with Crippen molar-refractivity contribution in [3.63, 3.8) is 0 Å². The average Bonchev–Trinajstić information content (AvgIpc) is 2.47. The van der Waals surface area contributed by atoms with Gasteiger partial charge in [0.2, 0.25) is 5.96 Å². The first-order chi connectivity index (χ1) is 10.1. The minimum atomic E-state index is -0.124. The van der Waals surface area contributed by atoms with Crippen molar-refractivity contribution in [3.8, 4) is 0 Å². The van der Waals surface area contributed by atoms with Gasteiger partial charge in [0.15, 0.2) is 5.96 Å². The molecule has 8 heteroatoms. The molecule has 0 bridgehead atoms. The smallest absolute Gasteiger partial charge is 0.223 e. The van der Waals surface area contributed by atoms with Crippen LogP contribution in [-0.4, -0.2) is 48.1 Å². The molecule has 0 aromatic heterocycles. The first-order valence-electron chi connectivity index (χ1n) is 6.47. The molecule has 1 saturated heterocycles. The number of nitrogens with zero attached hydrogens (tertiary/aromatic N) is 3. The molecular weight excluding hydrogens is 288 g/mol. The fourth-order valence-electron chi connectivity index (χ4n) is 1.92. The zero-order valence-corrected chi connectivity index (χ0v) is 12.3. The van der Waals surface area contributed by atoms with E-state index in [1.807, 2.05) is 24.3 Å². The number of rotatable bonds is 2. The molecule has 112 valence electrons. The summed E-state index contributed by atoms with van der Waals surface area (Å²) in [5.41, 5.74) is 17.7. The molecule has 6 N–H and O–H groups in total. The maximum Gasteiger partial charge on any atom is 0.223 e. The minimum Gasteiger partial charge on any atom is -0.378 e. The maximum atomic E-state index is 5.58. The van der Waals surface area contributed by atoms with Crippen LogP contribution in [0, 0.1) is 0 Å². The van der Waals surface area contributed by atoms with Gasteiger partial charge in [-0.05, 0) is 24.3 Å². The third kappa shape index (κ3) is 4.40. The van der Waals surface area contributed by atoms with E-state index in [1.54, 1.807) is 0 Å². The Hall–Kier alpha value is -2.19. The highest BCUT2D eigenvalue weighted by molar-refractivity contribution is 7.80. The van der Waals surface area contributed by atoms with Gasteiger partial charge in [-0.2, -0.15) is 4.99 Å². The molecule has 0 saturated carbocycles. The molecular formula is C13H18N6OS. The lowest BCUT2D eigenvalue weighted by atomic mass is 10.2. The minimum absolute atomic E-state index is 0.0125. The number of aliphatic imine (C=N–C) groups is 2. The molecule has 1 aliphatic rings. The second-order valence-electron chi connectivity index (χ2n) is 4.46. The summed E-state index contributed by atoms with van der Waals surface area (Å²) in [5.74, 6) is -0.111. The zero-order valence-electron chi connectivity index (χ0n) is 11.5. The van der Waals surface area contributed by atoms with Gasteiger partial charge in [0.05, 0.1) is 18.9 Å². The van der Waals surface area contributed by atoms with Gasteiger partial charge in [-0.3, -0.25) is 0 Å². The highest BCUT2D eigenvalue weighted by Gasteiger charge is 2.14. The molecule has 1 aliphatic heterocycles. The normalized spacial score (nSPS) is 15.6. The van der Waals surface area contributed by atoms with Crippen LogP contribution in [0.1, 0.15) is 5.56 Å². The third-order valence-corrected chi connectivity index (χ3v) is 3.39. The molecule has 7 nitrogen and oxygen atoms in total. The molecule has 1 heterocycles. The second kappa shape index (κ2) is 7.00. The average molecular weight is 306 g/mol. The monoisotopic (exact) mass is 306 g/mol. The predicted octanol–water partition coefficient (Wildman–Crippen LogP) is -0.0861. The Balaban J connectivity index is 2.08. The fraction of sp³-hybridized carbons (Fsp3) is 0.308. The lowest BCUT2D eigenvalue weighted by Crippen LogP contribution is -2.40. The van der Waals surface area contributed by atoms with E-state index < -0.39 is 0 Å². The summed E-state index contributed by atoms with van der Waals surface area (Å²) in [6.45, 7) is 3.04. The summed E-state index contributed by atoms with van der Waals surface area (Å²) in [4.78, 5) is 10.7. The van der Waals surface area contributed by atoms with Gasteiger partial charge < -0.3 is 26.8 Å². The molecule has 0 aliphatic carbocycles. The summed E-state index contributed by atoms with van der Waals surface area (Å²) < 4.78 is 5.31. The molecule has 2 rings (SSSR count). The van der Waals surface area contributed by atoms with Crippen LogP contribution in [0.15, 0.2) is 34.3 Å². The number of nitrogens with two attached hydrogens (primary N) is 3. The molecule has 0 amide bonds. The Morgan fingerprint density at radius 3 is 2.29 bits per heavy atom. The fourth-order valence-corrected chi connectivity index (χ4v) is 2.24. The highest BCUT2D eigenvalue weighted by Crippen LogP contribution is 2.15. The van der Waals surface area contributed by atoms with Gasteiger partial charge in [0.1, 0.15) is 4.99 Å². The Labute approximate surface area is 128 Å². The van der Waals surface area contributed by atoms with Crippen LogP contribution < -0.4 is 17.2 Å². The van der Waals surface area contributed by atoms with E-state index in [2.05, 4.69) is 14.9 Å². The largest absolute Gasteiger partial charge is 0.378 e. The number of hydrogen-bond acceptors (Lipinski definition) is 3. The molecule has 0 spiro atoms. The van der Waals surface area contributed by atoms with Crippen LogP contribution in [0.3, 0.4) is 0 Å². The topological polar surface area (TPSA) is 115 Å². The van der Waals surface area contributed by atoms with Crippen LogP contribution in [0.4, 0.5) is 5.69 Å². The lowest BCUT2D eigenvalue weighted by Gasteiger charge is -2.29. The number of ether oxygens (including phenoxy) is 1. The number of benzene rings is 1. The van der Waals surface area contributed by atoms with Gasteiger partial charge >= 0.3 is 0 Å². The van der Waals surface area contributed by atoms with E-state index in [0.29, 0.717) is 18.9 Å². The van der Waals surface area contributed by atoms with Crippen LogP contribution >= 0.6 is 12.2 Å². The molecule has 21 heavy (non-hydrogen) atoms. The summed E-state index contributed by atoms with van der Waals surface area (Å²) in [5, 5.41) is 0. The van der Waals surface area contributed by atoms with Crippen molar-refractivity contribution in [3.05, 3.63) is 29.8 Å². The predicted molar refractivity (Wildman–Crippen MR) is 87.6 cm³/mol. The van der Waals surface area contributed by atoms with E-state index in [0.717, 1.165) is 23.6 Å². The third-order valence-electron chi connectivity index (χ3n) is 2.90. The molecule has 1 aromatic rings. The molecule has 0 unspecified atom stereocenters. The van der Waals surface area contributed by atoms with Gasteiger partial charge in [-0.1, -0.05) is 12.2 Å². The van der Waals surface area contributed by atoms with E-state index in [1.165, 1.54) is 0 Å². The quantitative estimate of drug-likeness (QED) is 0.400. The molecule has 0 radical (unpaired) electrons. The van der Waals surface area contributed by atoms with Crippen molar-refractivity contribution in [1.29, 1.82) is 0 Å². The molecule has 1 aromatic carbocycles. The Bertz CT molecular complexity index is 559. The SMILES string of the molecule is NC(N)=NC(N)=Nc1ccc(C(=S)N2CCOCC2)cc1.